The van der Waals surface area contributed by atoms with E-state index in [4.69, 9.17) is 14.9 Å². The average Bonchev–Trinajstić information content (AvgIpc) is 2.13. The number of hydrogen-bond donors (Lipinski definition) is 2. The molecule has 0 aromatic rings. The summed E-state index contributed by atoms with van der Waals surface area (Å²) in [6, 6.07) is 0. The molecule has 0 spiro atoms. The summed E-state index contributed by atoms with van der Waals surface area (Å²) in [4.78, 5) is 11.3. The van der Waals surface area contributed by atoms with Crippen molar-refractivity contribution in [3.63, 3.8) is 0 Å². The molecule has 0 aliphatic rings. The van der Waals surface area contributed by atoms with E-state index in [-0.39, 0.29) is 19.2 Å². The maximum Gasteiger partial charge on any atom is 0.311 e. The monoisotopic (exact) mass is 190 g/mol. The number of aliphatic hydroxyl groups excluding tert-OH is 2. The molecule has 0 amide bonds. The largest absolute Gasteiger partial charge is 0.462 e. The summed E-state index contributed by atoms with van der Waals surface area (Å²) in [6.45, 7) is 4.92. The average molecular weight is 190 g/mol. The Balaban J connectivity index is 3.88. The van der Waals surface area contributed by atoms with Crippen LogP contribution in [-0.2, 0) is 9.53 Å². The maximum absolute atomic E-state index is 11.3. The molecule has 0 aliphatic heterocycles. The highest BCUT2D eigenvalue weighted by atomic mass is 16.5. The lowest BCUT2D eigenvalue weighted by molar-refractivity contribution is -0.157. The van der Waals surface area contributed by atoms with E-state index in [0.717, 1.165) is 0 Å². The van der Waals surface area contributed by atoms with Crippen LogP contribution >= 0.6 is 0 Å². The SMILES string of the molecule is CCC(C)(C)C(=O)OCC(O)CO. The first-order valence-electron chi connectivity index (χ1n) is 4.40. The highest BCUT2D eigenvalue weighted by molar-refractivity contribution is 5.75. The Bertz CT molecular complexity index is 165. The van der Waals surface area contributed by atoms with Gasteiger partial charge in [0.15, 0.2) is 0 Å². The molecule has 1 unspecified atom stereocenters. The zero-order valence-corrected chi connectivity index (χ0v) is 8.41. The number of aliphatic hydroxyl groups is 2. The molecular formula is C9H18O4. The van der Waals surface area contributed by atoms with Gasteiger partial charge >= 0.3 is 5.97 Å². The molecule has 0 saturated carbocycles. The summed E-state index contributed by atoms with van der Waals surface area (Å²) >= 11 is 0. The lowest BCUT2D eigenvalue weighted by atomic mass is 9.91. The Morgan fingerprint density at radius 3 is 2.46 bits per heavy atom. The highest BCUT2D eigenvalue weighted by Gasteiger charge is 2.27. The van der Waals surface area contributed by atoms with E-state index in [2.05, 4.69) is 0 Å². The lowest BCUT2D eigenvalue weighted by Gasteiger charge is -2.21. The fourth-order valence-electron chi connectivity index (χ4n) is 0.564. The van der Waals surface area contributed by atoms with Crippen LogP contribution < -0.4 is 0 Å². The number of hydrogen-bond acceptors (Lipinski definition) is 4. The zero-order valence-electron chi connectivity index (χ0n) is 8.41. The first kappa shape index (κ1) is 12.4. The summed E-state index contributed by atoms with van der Waals surface area (Å²) in [5, 5.41) is 17.4. The molecule has 4 heteroatoms. The molecule has 2 N–H and O–H groups in total. The molecule has 78 valence electrons. The normalized spacial score (nSPS) is 13.9. The summed E-state index contributed by atoms with van der Waals surface area (Å²) < 4.78 is 4.80. The van der Waals surface area contributed by atoms with Crippen molar-refractivity contribution in [1.82, 2.24) is 0 Å². The van der Waals surface area contributed by atoms with Crippen LogP contribution in [0.5, 0.6) is 0 Å². The van der Waals surface area contributed by atoms with Crippen molar-refractivity contribution in [2.45, 2.75) is 33.3 Å². The van der Waals surface area contributed by atoms with Crippen molar-refractivity contribution in [3.05, 3.63) is 0 Å². The quantitative estimate of drug-likeness (QED) is 0.613. The van der Waals surface area contributed by atoms with Gasteiger partial charge in [-0.05, 0) is 20.3 Å². The molecule has 4 nitrogen and oxygen atoms in total. The summed E-state index contributed by atoms with van der Waals surface area (Å²) in [5.41, 5.74) is -0.519. The van der Waals surface area contributed by atoms with Crippen molar-refractivity contribution in [2.24, 2.45) is 5.41 Å². The summed E-state index contributed by atoms with van der Waals surface area (Å²) in [6.07, 6.45) is -0.294. The molecule has 1 atom stereocenters. The molecule has 0 saturated heterocycles. The standard InChI is InChI=1S/C9H18O4/c1-4-9(2,3)8(12)13-6-7(11)5-10/h7,10-11H,4-6H2,1-3H3. The Morgan fingerprint density at radius 2 is 2.08 bits per heavy atom. The Hall–Kier alpha value is -0.610. The Morgan fingerprint density at radius 1 is 1.54 bits per heavy atom. The second-order valence-electron chi connectivity index (χ2n) is 3.67. The minimum Gasteiger partial charge on any atom is -0.462 e. The molecule has 0 fully saturated rings. The van der Waals surface area contributed by atoms with E-state index in [1.807, 2.05) is 6.92 Å². The van der Waals surface area contributed by atoms with Gasteiger partial charge in [-0.3, -0.25) is 4.79 Å². The zero-order chi connectivity index (χ0) is 10.5. The minimum absolute atomic E-state index is 0.140. The number of carbonyl (C=O) groups is 1. The first-order valence-corrected chi connectivity index (χ1v) is 4.40. The fraction of sp³-hybridized carbons (Fsp3) is 0.889. The Labute approximate surface area is 78.5 Å². The van der Waals surface area contributed by atoms with Gasteiger partial charge in [0.2, 0.25) is 0 Å². The number of ether oxygens (including phenoxy) is 1. The maximum atomic E-state index is 11.3. The van der Waals surface area contributed by atoms with Crippen LogP contribution in [0.4, 0.5) is 0 Å². The van der Waals surface area contributed by atoms with Crippen molar-refractivity contribution in [2.75, 3.05) is 13.2 Å². The molecule has 0 radical (unpaired) electrons. The van der Waals surface area contributed by atoms with Crippen molar-refractivity contribution < 1.29 is 19.7 Å². The van der Waals surface area contributed by atoms with Gasteiger partial charge < -0.3 is 14.9 Å². The van der Waals surface area contributed by atoms with Crippen LogP contribution in [-0.4, -0.2) is 35.5 Å². The van der Waals surface area contributed by atoms with E-state index in [1.165, 1.54) is 0 Å². The van der Waals surface area contributed by atoms with Crippen LogP contribution in [0.15, 0.2) is 0 Å². The second-order valence-corrected chi connectivity index (χ2v) is 3.67. The first-order chi connectivity index (χ1) is 5.94. The molecule has 0 heterocycles. The van der Waals surface area contributed by atoms with Gasteiger partial charge in [0.25, 0.3) is 0 Å². The minimum atomic E-state index is -0.975. The molecule has 0 rings (SSSR count). The van der Waals surface area contributed by atoms with Gasteiger partial charge in [-0.25, -0.2) is 0 Å². The van der Waals surface area contributed by atoms with Crippen LogP contribution in [0.25, 0.3) is 0 Å². The molecule has 13 heavy (non-hydrogen) atoms. The van der Waals surface area contributed by atoms with Gasteiger partial charge in [-0.1, -0.05) is 6.92 Å². The van der Waals surface area contributed by atoms with Gasteiger partial charge in [0, 0.05) is 0 Å². The van der Waals surface area contributed by atoms with Gasteiger partial charge in [0.1, 0.15) is 12.7 Å². The number of esters is 1. The molecule has 0 aromatic heterocycles. The van der Waals surface area contributed by atoms with E-state index >= 15 is 0 Å². The molecular weight excluding hydrogens is 172 g/mol. The van der Waals surface area contributed by atoms with Crippen LogP contribution in [0.3, 0.4) is 0 Å². The summed E-state index contributed by atoms with van der Waals surface area (Å²) in [5.74, 6) is -0.345. The van der Waals surface area contributed by atoms with E-state index in [1.54, 1.807) is 13.8 Å². The summed E-state index contributed by atoms with van der Waals surface area (Å²) in [7, 11) is 0. The van der Waals surface area contributed by atoms with E-state index < -0.39 is 11.5 Å². The third kappa shape index (κ3) is 4.24. The van der Waals surface area contributed by atoms with Gasteiger partial charge in [-0.2, -0.15) is 0 Å². The van der Waals surface area contributed by atoms with E-state index in [0.29, 0.717) is 6.42 Å². The predicted octanol–water partition coefficient (Wildman–Crippen LogP) is 0.319. The molecule has 0 bridgehead atoms. The third-order valence-electron chi connectivity index (χ3n) is 2.05. The van der Waals surface area contributed by atoms with E-state index in [9.17, 15) is 4.79 Å². The Kier molecular flexibility index (Phi) is 4.95. The topological polar surface area (TPSA) is 66.8 Å². The van der Waals surface area contributed by atoms with Crippen molar-refractivity contribution >= 4 is 5.97 Å². The van der Waals surface area contributed by atoms with Crippen molar-refractivity contribution in [3.8, 4) is 0 Å². The third-order valence-corrected chi connectivity index (χ3v) is 2.05. The number of rotatable bonds is 5. The molecule has 0 aromatic carbocycles. The van der Waals surface area contributed by atoms with Crippen LogP contribution in [0, 0.1) is 5.41 Å². The highest BCUT2D eigenvalue weighted by Crippen LogP contribution is 2.21. The predicted molar refractivity (Wildman–Crippen MR) is 48.1 cm³/mol. The molecule has 0 aliphatic carbocycles. The smallest absolute Gasteiger partial charge is 0.311 e. The van der Waals surface area contributed by atoms with Crippen LogP contribution in [0.1, 0.15) is 27.2 Å². The second kappa shape index (κ2) is 5.19. The van der Waals surface area contributed by atoms with Gasteiger partial charge in [-0.15, -0.1) is 0 Å². The fourth-order valence-corrected chi connectivity index (χ4v) is 0.564. The lowest BCUT2D eigenvalue weighted by Crippen LogP contribution is -2.30. The van der Waals surface area contributed by atoms with Gasteiger partial charge in [0.05, 0.1) is 12.0 Å². The van der Waals surface area contributed by atoms with Crippen molar-refractivity contribution in [1.29, 1.82) is 0 Å². The number of carbonyl (C=O) groups excluding carboxylic acids is 1. The van der Waals surface area contributed by atoms with Crippen LogP contribution in [0.2, 0.25) is 0 Å².